The molecule has 3 rings (SSSR count). The number of hydrogen-bond acceptors (Lipinski definition) is 3. The van der Waals surface area contributed by atoms with E-state index in [1.807, 2.05) is 6.92 Å². The van der Waals surface area contributed by atoms with Crippen LogP contribution in [0.1, 0.15) is 37.4 Å². The van der Waals surface area contributed by atoms with Gasteiger partial charge >= 0.3 is 0 Å². The van der Waals surface area contributed by atoms with Crippen molar-refractivity contribution in [3.63, 3.8) is 0 Å². The highest BCUT2D eigenvalue weighted by molar-refractivity contribution is 5.79. The minimum atomic E-state index is 0.245. The number of fused-ring (bicyclic) bond motifs is 1. The molecular weight excluding hydrogens is 258 g/mol. The van der Waals surface area contributed by atoms with Gasteiger partial charge in [-0.05, 0) is 57.0 Å². The van der Waals surface area contributed by atoms with Crippen molar-refractivity contribution in [2.24, 2.45) is 5.73 Å². The van der Waals surface area contributed by atoms with Gasteiger partial charge in [0.15, 0.2) is 0 Å². The summed E-state index contributed by atoms with van der Waals surface area (Å²) in [5.74, 6) is 0. The highest BCUT2D eigenvalue weighted by atomic mass is 15.2. The zero-order valence-corrected chi connectivity index (χ0v) is 13.0. The number of rotatable bonds is 3. The van der Waals surface area contributed by atoms with Crippen LogP contribution in [0.3, 0.4) is 0 Å². The second kappa shape index (κ2) is 6.12. The molecule has 1 aliphatic heterocycles. The van der Waals surface area contributed by atoms with Gasteiger partial charge in [-0.25, -0.2) is 0 Å². The largest absolute Gasteiger partial charge is 0.327 e. The van der Waals surface area contributed by atoms with E-state index in [1.54, 1.807) is 0 Å². The van der Waals surface area contributed by atoms with Gasteiger partial charge in [-0.15, -0.1) is 0 Å². The molecular formula is C18H25N3. The zero-order chi connectivity index (χ0) is 14.8. The lowest BCUT2D eigenvalue weighted by Gasteiger charge is -2.38. The molecule has 3 nitrogen and oxygen atoms in total. The summed E-state index contributed by atoms with van der Waals surface area (Å²) in [4.78, 5) is 7.13. The molecule has 2 heterocycles. The van der Waals surface area contributed by atoms with E-state index in [1.165, 1.54) is 30.2 Å². The second-order valence-corrected chi connectivity index (χ2v) is 6.37. The Morgan fingerprint density at radius 1 is 1.29 bits per heavy atom. The van der Waals surface area contributed by atoms with Crippen LogP contribution in [-0.4, -0.2) is 28.5 Å². The predicted molar refractivity (Wildman–Crippen MR) is 88.2 cm³/mol. The normalized spacial score (nSPS) is 21.6. The summed E-state index contributed by atoms with van der Waals surface area (Å²) in [5, 5.41) is 1.23. The second-order valence-electron chi connectivity index (χ2n) is 6.37. The van der Waals surface area contributed by atoms with E-state index < -0.39 is 0 Å². The summed E-state index contributed by atoms with van der Waals surface area (Å²) in [5.41, 5.74) is 9.69. The molecule has 0 spiro atoms. The quantitative estimate of drug-likeness (QED) is 0.940. The van der Waals surface area contributed by atoms with Crippen molar-refractivity contribution in [2.45, 2.75) is 51.7 Å². The number of benzene rings is 1. The van der Waals surface area contributed by atoms with E-state index in [0.29, 0.717) is 6.04 Å². The van der Waals surface area contributed by atoms with Crippen molar-refractivity contribution >= 4 is 10.9 Å². The van der Waals surface area contributed by atoms with Crippen molar-refractivity contribution in [1.82, 2.24) is 9.88 Å². The molecule has 1 fully saturated rings. The highest BCUT2D eigenvalue weighted by Gasteiger charge is 2.25. The smallest absolute Gasteiger partial charge is 0.0705 e. The number of aryl methyl sites for hydroxylation is 1. The SMILES string of the molecule is Cc1ccc2cc(CN3CCCCC3C(C)N)ccc2n1. The maximum Gasteiger partial charge on any atom is 0.0705 e. The lowest BCUT2D eigenvalue weighted by atomic mass is 9.96. The highest BCUT2D eigenvalue weighted by Crippen LogP contribution is 2.23. The van der Waals surface area contributed by atoms with Gasteiger partial charge in [0.2, 0.25) is 0 Å². The van der Waals surface area contributed by atoms with Gasteiger partial charge in [-0.3, -0.25) is 9.88 Å². The number of pyridine rings is 1. The number of piperidine rings is 1. The maximum atomic E-state index is 6.17. The Balaban J connectivity index is 1.81. The summed E-state index contributed by atoms with van der Waals surface area (Å²) in [6.07, 6.45) is 3.83. The molecule has 0 amide bonds. The molecule has 2 N–H and O–H groups in total. The number of aromatic nitrogens is 1. The number of nitrogens with zero attached hydrogens (tertiary/aromatic N) is 2. The summed E-state index contributed by atoms with van der Waals surface area (Å²) >= 11 is 0. The van der Waals surface area contributed by atoms with Crippen LogP contribution in [0.2, 0.25) is 0 Å². The minimum Gasteiger partial charge on any atom is -0.327 e. The summed E-state index contributed by atoms with van der Waals surface area (Å²) < 4.78 is 0. The molecule has 3 heteroatoms. The van der Waals surface area contributed by atoms with Gasteiger partial charge in [0.05, 0.1) is 5.52 Å². The van der Waals surface area contributed by atoms with Crippen molar-refractivity contribution in [1.29, 1.82) is 0 Å². The third-order valence-electron chi connectivity index (χ3n) is 4.55. The summed E-state index contributed by atoms with van der Waals surface area (Å²) in [7, 11) is 0. The topological polar surface area (TPSA) is 42.1 Å². The van der Waals surface area contributed by atoms with E-state index in [0.717, 1.165) is 24.3 Å². The van der Waals surface area contributed by atoms with Crippen LogP contribution in [0.25, 0.3) is 10.9 Å². The van der Waals surface area contributed by atoms with Gasteiger partial charge in [0.1, 0.15) is 0 Å². The lowest BCUT2D eigenvalue weighted by molar-refractivity contribution is 0.123. The minimum absolute atomic E-state index is 0.245. The van der Waals surface area contributed by atoms with Crippen molar-refractivity contribution in [3.8, 4) is 0 Å². The summed E-state index contributed by atoms with van der Waals surface area (Å²) in [6.45, 7) is 6.33. The first kappa shape index (κ1) is 14.5. The fourth-order valence-electron chi connectivity index (χ4n) is 3.42. The van der Waals surface area contributed by atoms with Crippen molar-refractivity contribution in [3.05, 3.63) is 41.6 Å². The van der Waals surface area contributed by atoms with E-state index in [-0.39, 0.29) is 6.04 Å². The Hall–Kier alpha value is -1.45. The molecule has 2 aromatic rings. The molecule has 0 bridgehead atoms. The molecule has 0 aliphatic carbocycles. The third kappa shape index (κ3) is 3.25. The first-order chi connectivity index (χ1) is 10.1. The van der Waals surface area contributed by atoms with Gasteiger partial charge in [0, 0.05) is 29.7 Å². The average Bonchev–Trinajstić information content (AvgIpc) is 2.48. The monoisotopic (exact) mass is 283 g/mol. The van der Waals surface area contributed by atoms with Crippen LogP contribution in [0.4, 0.5) is 0 Å². The molecule has 112 valence electrons. The molecule has 1 aromatic carbocycles. The standard InChI is InChI=1S/C18H25N3/c1-13-6-8-16-11-15(7-9-17(16)20-13)12-21-10-4-3-5-18(21)14(2)19/h6-9,11,14,18H,3-5,10,12,19H2,1-2H3. The maximum absolute atomic E-state index is 6.17. The van der Waals surface area contributed by atoms with Gasteiger partial charge < -0.3 is 5.73 Å². The first-order valence-electron chi connectivity index (χ1n) is 7.99. The Bertz CT molecular complexity index is 621. The molecule has 21 heavy (non-hydrogen) atoms. The Morgan fingerprint density at radius 2 is 2.14 bits per heavy atom. The van der Waals surface area contributed by atoms with E-state index in [2.05, 4.69) is 47.1 Å². The fourth-order valence-corrected chi connectivity index (χ4v) is 3.42. The summed E-state index contributed by atoms with van der Waals surface area (Å²) in [6, 6.07) is 11.6. The fraction of sp³-hybridized carbons (Fsp3) is 0.500. The Kier molecular flexibility index (Phi) is 4.22. The first-order valence-corrected chi connectivity index (χ1v) is 7.99. The Labute approximate surface area is 127 Å². The van der Waals surface area contributed by atoms with Gasteiger partial charge in [0.25, 0.3) is 0 Å². The lowest BCUT2D eigenvalue weighted by Crippen LogP contribution is -2.48. The van der Waals surface area contributed by atoms with Crippen LogP contribution < -0.4 is 5.73 Å². The molecule has 2 atom stereocenters. The molecule has 1 saturated heterocycles. The van der Waals surface area contributed by atoms with Crippen molar-refractivity contribution in [2.75, 3.05) is 6.54 Å². The Morgan fingerprint density at radius 3 is 2.95 bits per heavy atom. The van der Waals surface area contributed by atoms with Gasteiger partial charge in [-0.1, -0.05) is 18.6 Å². The number of nitrogens with two attached hydrogens (primary N) is 1. The molecule has 0 radical (unpaired) electrons. The van der Waals surface area contributed by atoms with E-state index in [4.69, 9.17) is 5.73 Å². The molecule has 0 saturated carbocycles. The molecule has 1 aliphatic rings. The van der Waals surface area contributed by atoms with Gasteiger partial charge in [-0.2, -0.15) is 0 Å². The number of likely N-dealkylation sites (tertiary alicyclic amines) is 1. The van der Waals surface area contributed by atoms with Crippen molar-refractivity contribution < 1.29 is 0 Å². The van der Waals surface area contributed by atoms with E-state index in [9.17, 15) is 0 Å². The molecule has 1 aromatic heterocycles. The van der Waals surface area contributed by atoms with Crippen LogP contribution in [0, 0.1) is 6.92 Å². The van der Waals surface area contributed by atoms with Crippen LogP contribution >= 0.6 is 0 Å². The van der Waals surface area contributed by atoms with Crippen LogP contribution in [-0.2, 0) is 6.54 Å². The van der Waals surface area contributed by atoms with Crippen LogP contribution in [0.15, 0.2) is 30.3 Å². The third-order valence-corrected chi connectivity index (χ3v) is 4.55. The predicted octanol–water partition coefficient (Wildman–Crippen LogP) is 3.24. The number of hydrogen-bond donors (Lipinski definition) is 1. The van der Waals surface area contributed by atoms with E-state index >= 15 is 0 Å². The molecule has 2 unspecified atom stereocenters. The zero-order valence-electron chi connectivity index (χ0n) is 13.0. The average molecular weight is 283 g/mol. The van der Waals surface area contributed by atoms with Crippen LogP contribution in [0.5, 0.6) is 0 Å².